The predicted octanol–water partition coefficient (Wildman–Crippen LogP) is 2.75. The van der Waals surface area contributed by atoms with Crippen molar-refractivity contribution in [2.24, 2.45) is 0 Å². The van der Waals surface area contributed by atoms with Crippen LogP contribution in [0.4, 0.5) is 13.2 Å². The molecular formula is C20H18F3N3O4. The molecule has 0 saturated heterocycles. The number of aromatic nitrogens is 2. The number of alkyl halides is 3. The van der Waals surface area contributed by atoms with E-state index in [4.69, 9.17) is 9.47 Å². The summed E-state index contributed by atoms with van der Waals surface area (Å²) in [5, 5.41) is 2.80. The molecule has 0 radical (unpaired) electrons. The van der Waals surface area contributed by atoms with Crippen LogP contribution in [0.2, 0.25) is 0 Å². The van der Waals surface area contributed by atoms with E-state index >= 15 is 0 Å². The lowest BCUT2D eigenvalue weighted by Crippen LogP contribution is -2.34. The minimum absolute atomic E-state index is 0.0382. The fourth-order valence-electron chi connectivity index (χ4n) is 2.82. The Morgan fingerprint density at radius 2 is 1.90 bits per heavy atom. The van der Waals surface area contributed by atoms with Gasteiger partial charge in [0.15, 0.2) is 6.29 Å². The summed E-state index contributed by atoms with van der Waals surface area (Å²) in [6.45, 7) is 0.119. The molecule has 3 rings (SSSR count). The van der Waals surface area contributed by atoms with Gasteiger partial charge in [0.2, 0.25) is 0 Å². The van der Waals surface area contributed by atoms with E-state index in [1.165, 1.54) is 44.6 Å². The van der Waals surface area contributed by atoms with Crippen molar-refractivity contribution in [3.63, 3.8) is 0 Å². The van der Waals surface area contributed by atoms with E-state index in [1.54, 1.807) is 0 Å². The second-order valence-electron chi connectivity index (χ2n) is 6.31. The minimum Gasteiger partial charge on any atom is -0.354 e. The van der Waals surface area contributed by atoms with Gasteiger partial charge in [-0.3, -0.25) is 14.2 Å². The third-order valence-corrected chi connectivity index (χ3v) is 4.43. The summed E-state index contributed by atoms with van der Waals surface area (Å²) < 4.78 is 49.9. The van der Waals surface area contributed by atoms with Gasteiger partial charge in [0.05, 0.1) is 28.7 Å². The molecule has 0 unspecified atom stereocenters. The van der Waals surface area contributed by atoms with E-state index in [1.807, 2.05) is 0 Å². The number of hydrogen-bond acceptors (Lipinski definition) is 5. The number of methoxy groups -OCH3 is 2. The smallest absolute Gasteiger partial charge is 0.354 e. The highest BCUT2D eigenvalue weighted by Gasteiger charge is 2.30. The highest BCUT2D eigenvalue weighted by atomic mass is 19.4. The van der Waals surface area contributed by atoms with Gasteiger partial charge in [0, 0.05) is 19.8 Å². The summed E-state index contributed by atoms with van der Waals surface area (Å²) in [6.07, 6.45) is -4.00. The number of hydrogen-bond donors (Lipinski definition) is 1. The van der Waals surface area contributed by atoms with Crippen molar-refractivity contribution in [1.29, 1.82) is 0 Å². The Hall–Kier alpha value is -3.24. The van der Waals surface area contributed by atoms with Gasteiger partial charge in [0.25, 0.3) is 11.5 Å². The standard InChI is InChI=1S/C20H18F3N3O4/c1-29-17(30-2)10-24-18(27)12-6-7-15-16(8-12)25-11-26(19(15)28)14-5-3-4-13(9-14)20(21,22)23/h3-9,11,17H,10H2,1-2H3,(H,24,27). The topological polar surface area (TPSA) is 82.5 Å². The number of carbonyl (C=O) groups is 1. The number of rotatable bonds is 6. The van der Waals surface area contributed by atoms with E-state index in [9.17, 15) is 22.8 Å². The Morgan fingerprint density at radius 3 is 2.57 bits per heavy atom. The van der Waals surface area contributed by atoms with Crippen LogP contribution in [-0.4, -0.2) is 42.5 Å². The first-order valence-corrected chi connectivity index (χ1v) is 8.77. The van der Waals surface area contributed by atoms with Gasteiger partial charge in [-0.15, -0.1) is 0 Å². The van der Waals surface area contributed by atoms with Crippen LogP contribution in [0.1, 0.15) is 15.9 Å². The first kappa shape index (κ1) is 21.5. The average Bonchev–Trinajstić information content (AvgIpc) is 2.74. The monoisotopic (exact) mass is 421 g/mol. The fraction of sp³-hybridized carbons (Fsp3) is 0.250. The molecule has 0 aliphatic rings. The molecule has 2 aromatic carbocycles. The molecule has 10 heteroatoms. The average molecular weight is 421 g/mol. The lowest BCUT2D eigenvalue weighted by Gasteiger charge is -2.14. The van der Waals surface area contributed by atoms with Crippen LogP contribution in [-0.2, 0) is 15.7 Å². The summed E-state index contributed by atoms with van der Waals surface area (Å²) in [5.74, 6) is -0.417. The first-order valence-electron chi connectivity index (χ1n) is 8.77. The van der Waals surface area contributed by atoms with Gasteiger partial charge in [-0.1, -0.05) is 6.07 Å². The number of ether oxygens (including phenoxy) is 2. The van der Waals surface area contributed by atoms with Gasteiger partial charge in [-0.05, 0) is 36.4 Å². The summed E-state index contributed by atoms with van der Waals surface area (Å²) in [6, 6.07) is 8.67. The fourth-order valence-corrected chi connectivity index (χ4v) is 2.82. The maximum atomic E-state index is 13.0. The Labute approximate surface area is 169 Å². The SMILES string of the molecule is COC(CNC(=O)c1ccc2c(=O)n(-c3cccc(C(F)(F)F)c3)cnc2c1)OC. The second-order valence-corrected chi connectivity index (χ2v) is 6.31. The molecule has 0 atom stereocenters. The van der Waals surface area contributed by atoms with Crippen molar-refractivity contribution in [2.45, 2.75) is 12.5 Å². The van der Waals surface area contributed by atoms with Crippen LogP contribution in [0.3, 0.4) is 0 Å². The summed E-state index contributed by atoms with van der Waals surface area (Å²) in [7, 11) is 2.88. The summed E-state index contributed by atoms with van der Waals surface area (Å²) in [4.78, 5) is 29.2. The second kappa shape index (κ2) is 8.64. The zero-order valence-corrected chi connectivity index (χ0v) is 16.1. The number of nitrogens with zero attached hydrogens (tertiary/aromatic N) is 2. The molecule has 1 amide bonds. The maximum Gasteiger partial charge on any atom is 0.416 e. The molecule has 0 spiro atoms. The molecule has 1 N–H and O–H groups in total. The van der Waals surface area contributed by atoms with Crippen LogP contribution >= 0.6 is 0 Å². The van der Waals surface area contributed by atoms with Crippen LogP contribution in [0.15, 0.2) is 53.6 Å². The Morgan fingerprint density at radius 1 is 1.17 bits per heavy atom. The number of fused-ring (bicyclic) bond motifs is 1. The minimum atomic E-state index is -4.53. The molecule has 0 fully saturated rings. The molecule has 0 aliphatic carbocycles. The van der Waals surface area contributed by atoms with Crippen LogP contribution < -0.4 is 10.9 Å². The third kappa shape index (κ3) is 4.50. The zero-order valence-electron chi connectivity index (χ0n) is 16.1. The molecule has 158 valence electrons. The first-order chi connectivity index (χ1) is 14.2. The zero-order chi connectivity index (χ0) is 21.9. The molecule has 0 bridgehead atoms. The number of amides is 1. The number of benzene rings is 2. The van der Waals surface area contributed by atoms with Gasteiger partial charge < -0.3 is 14.8 Å². The molecule has 0 saturated carbocycles. The number of nitrogens with one attached hydrogen (secondary N) is 1. The summed E-state index contributed by atoms with van der Waals surface area (Å²) >= 11 is 0. The lowest BCUT2D eigenvalue weighted by molar-refractivity contribution is -0.137. The van der Waals surface area contributed by atoms with Crippen LogP contribution in [0.5, 0.6) is 0 Å². The molecule has 0 aliphatic heterocycles. The third-order valence-electron chi connectivity index (χ3n) is 4.43. The normalized spacial score (nSPS) is 11.8. The maximum absolute atomic E-state index is 13.0. The molecule has 3 aromatic rings. The van der Waals surface area contributed by atoms with Gasteiger partial charge in [-0.25, -0.2) is 4.98 Å². The van der Waals surface area contributed by atoms with Crippen molar-refractivity contribution in [2.75, 3.05) is 20.8 Å². The quantitative estimate of drug-likeness (QED) is 0.619. The van der Waals surface area contributed by atoms with E-state index in [2.05, 4.69) is 10.3 Å². The Bertz CT molecular complexity index is 1120. The van der Waals surface area contributed by atoms with Crippen molar-refractivity contribution in [1.82, 2.24) is 14.9 Å². The van der Waals surface area contributed by atoms with Gasteiger partial charge >= 0.3 is 6.18 Å². The van der Waals surface area contributed by atoms with Crippen molar-refractivity contribution in [3.05, 3.63) is 70.3 Å². The highest BCUT2D eigenvalue weighted by Crippen LogP contribution is 2.30. The van der Waals surface area contributed by atoms with Gasteiger partial charge in [-0.2, -0.15) is 13.2 Å². The number of halogens is 3. The molecule has 1 heterocycles. The highest BCUT2D eigenvalue weighted by molar-refractivity contribution is 5.97. The molecule has 7 nitrogen and oxygen atoms in total. The largest absolute Gasteiger partial charge is 0.416 e. The van der Waals surface area contributed by atoms with E-state index < -0.39 is 29.5 Å². The van der Waals surface area contributed by atoms with Gasteiger partial charge in [0.1, 0.15) is 6.33 Å². The van der Waals surface area contributed by atoms with E-state index in [0.717, 1.165) is 23.0 Å². The van der Waals surface area contributed by atoms with E-state index in [-0.39, 0.29) is 28.7 Å². The van der Waals surface area contributed by atoms with E-state index in [0.29, 0.717) is 0 Å². The van der Waals surface area contributed by atoms with Crippen molar-refractivity contribution < 1.29 is 27.4 Å². The van der Waals surface area contributed by atoms with Crippen LogP contribution in [0.25, 0.3) is 16.6 Å². The van der Waals surface area contributed by atoms with Crippen molar-refractivity contribution in [3.8, 4) is 5.69 Å². The summed E-state index contributed by atoms with van der Waals surface area (Å²) in [5.41, 5.74) is -0.881. The molecule has 1 aromatic heterocycles. The Balaban J connectivity index is 1.92. The lowest BCUT2D eigenvalue weighted by atomic mass is 10.1. The molecule has 30 heavy (non-hydrogen) atoms. The predicted molar refractivity (Wildman–Crippen MR) is 102 cm³/mol. The molecular weight excluding hydrogens is 403 g/mol. The van der Waals surface area contributed by atoms with Crippen LogP contribution in [0, 0.1) is 0 Å². The Kier molecular flexibility index (Phi) is 6.18. The number of carbonyl (C=O) groups excluding carboxylic acids is 1. The van der Waals surface area contributed by atoms with Crippen molar-refractivity contribution >= 4 is 16.8 Å².